The summed E-state index contributed by atoms with van der Waals surface area (Å²) in [5.74, 6) is 0.408. The van der Waals surface area contributed by atoms with Gasteiger partial charge in [-0.15, -0.1) is 0 Å². The third-order valence-electron chi connectivity index (χ3n) is 2.00. The standard InChI is InChI=1S/C10H6ClN3O4/c11-9-8(18-7-4-2-1-3-5-7)6-12-13(10(9)15)14(16)17/h1-6H. The number of aromatic nitrogens is 2. The lowest BCUT2D eigenvalue weighted by Crippen LogP contribution is -2.29. The van der Waals surface area contributed by atoms with E-state index in [9.17, 15) is 14.9 Å². The first-order chi connectivity index (χ1) is 8.59. The predicted molar refractivity (Wildman–Crippen MR) is 62.4 cm³/mol. The summed E-state index contributed by atoms with van der Waals surface area (Å²) in [6.07, 6.45) is 1.01. The van der Waals surface area contributed by atoms with E-state index in [0.717, 1.165) is 6.20 Å². The van der Waals surface area contributed by atoms with Crippen molar-refractivity contribution >= 4 is 11.6 Å². The minimum absolute atomic E-state index is 0.0361. The highest BCUT2D eigenvalue weighted by molar-refractivity contribution is 6.31. The van der Waals surface area contributed by atoms with E-state index >= 15 is 0 Å². The zero-order valence-corrected chi connectivity index (χ0v) is 9.57. The Labute approximate surface area is 105 Å². The summed E-state index contributed by atoms with van der Waals surface area (Å²) in [6, 6.07) is 8.55. The lowest BCUT2D eigenvalue weighted by atomic mass is 10.3. The van der Waals surface area contributed by atoms with Crippen LogP contribution in [-0.2, 0) is 0 Å². The van der Waals surface area contributed by atoms with Gasteiger partial charge in [-0.25, -0.2) is 0 Å². The molecule has 2 rings (SSSR count). The Kier molecular flexibility index (Phi) is 3.24. The molecular weight excluding hydrogens is 262 g/mol. The zero-order valence-electron chi connectivity index (χ0n) is 8.82. The van der Waals surface area contributed by atoms with Crippen LogP contribution in [0.25, 0.3) is 0 Å². The van der Waals surface area contributed by atoms with Crippen LogP contribution < -0.4 is 10.3 Å². The molecule has 92 valence electrons. The highest BCUT2D eigenvalue weighted by Crippen LogP contribution is 2.24. The Morgan fingerprint density at radius 3 is 2.61 bits per heavy atom. The van der Waals surface area contributed by atoms with Gasteiger partial charge in [-0.1, -0.05) is 29.8 Å². The van der Waals surface area contributed by atoms with Crippen LogP contribution in [0, 0.1) is 10.1 Å². The fraction of sp³-hybridized carbons (Fsp3) is 0. The first-order valence-electron chi connectivity index (χ1n) is 4.75. The van der Waals surface area contributed by atoms with E-state index < -0.39 is 15.6 Å². The number of nitrogens with zero attached hydrogens (tertiary/aromatic N) is 3. The molecule has 8 heteroatoms. The summed E-state index contributed by atoms with van der Waals surface area (Å²) >= 11 is 5.69. The van der Waals surface area contributed by atoms with Gasteiger partial charge in [-0.3, -0.25) is 4.79 Å². The Hall–Kier alpha value is -2.41. The average Bonchev–Trinajstić information content (AvgIpc) is 2.36. The number of rotatable bonds is 3. The van der Waals surface area contributed by atoms with Crippen LogP contribution in [0.3, 0.4) is 0 Å². The van der Waals surface area contributed by atoms with Crippen LogP contribution in [0.4, 0.5) is 0 Å². The van der Waals surface area contributed by atoms with Crippen molar-refractivity contribution in [2.24, 2.45) is 0 Å². The molecule has 0 amide bonds. The Balaban J connectivity index is 2.40. The van der Waals surface area contributed by atoms with Crippen LogP contribution in [-0.4, -0.2) is 14.9 Å². The van der Waals surface area contributed by atoms with Gasteiger partial charge >= 0.3 is 5.56 Å². The monoisotopic (exact) mass is 267 g/mol. The Morgan fingerprint density at radius 2 is 2.00 bits per heavy atom. The van der Waals surface area contributed by atoms with Crippen molar-refractivity contribution < 1.29 is 9.77 Å². The van der Waals surface area contributed by atoms with Gasteiger partial charge in [-0.05, 0) is 12.1 Å². The largest absolute Gasteiger partial charge is 0.451 e. The van der Waals surface area contributed by atoms with Crippen molar-refractivity contribution in [3.63, 3.8) is 0 Å². The maximum atomic E-state index is 11.5. The van der Waals surface area contributed by atoms with Crippen LogP contribution in [0.5, 0.6) is 11.5 Å². The van der Waals surface area contributed by atoms with Crippen LogP contribution in [0.1, 0.15) is 0 Å². The van der Waals surface area contributed by atoms with Gasteiger partial charge in [0.25, 0.3) is 0 Å². The molecule has 18 heavy (non-hydrogen) atoms. The topological polar surface area (TPSA) is 87.3 Å². The van der Waals surface area contributed by atoms with Gasteiger partial charge in [0.2, 0.25) is 6.20 Å². The molecule has 0 atom stereocenters. The second-order valence-corrected chi connectivity index (χ2v) is 3.55. The highest BCUT2D eigenvalue weighted by atomic mass is 35.5. The molecule has 0 saturated carbocycles. The van der Waals surface area contributed by atoms with Gasteiger partial charge in [0.05, 0.1) is 14.9 Å². The second-order valence-electron chi connectivity index (χ2n) is 3.17. The molecule has 0 unspecified atom stereocenters. The molecule has 1 heterocycles. The minimum Gasteiger partial charge on any atom is -0.451 e. The fourth-order valence-corrected chi connectivity index (χ4v) is 1.38. The van der Waals surface area contributed by atoms with Gasteiger partial charge in [0.1, 0.15) is 5.75 Å². The molecule has 1 aromatic heterocycles. The molecule has 0 aliphatic rings. The second kappa shape index (κ2) is 4.84. The van der Waals surface area contributed by atoms with E-state index in [1.807, 2.05) is 0 Å². The van der Waals surface area contributed by atoms with E-state index in [0.29, 0.717) is 5.75 Å². The molecule has 0 spiro atoms. The first-order valence-corrected chi connectivity index (χ1v) is 5.13. The van der Waals surface area contributed by atoms with Crippen molar-refractivity contribution in [2.75, 3.05) is 0 Å². The van der Waals surface area contributed by atoms with Crippen molar-refractivity contribution in [3.05, 3.63) is 62.0 Å². The molecule has 0 radical (unpaired) electrons. The van der Waals surface area contributed by atoms with E-state index in [2.05, 4.69) is 5.10 Å². The van der Waals surface area contributed by atoms with Gasteiger partial charge in [0.15, 0.2) is 10.8 Å². The van der Waals surface area contributed by atoms with E-state index in [-0.39, 0.29) is 10.5 Å². The number of nitro groups is 1. The van der Waals surface area contributed by atoms with Crippen molar-refractivity contribution in [1.82, 2.24) is 9.89 Å². The van der Waals surface area contributed by atoms with Gasteiger partial charge < -0.3 is 14.9 Å². The average molecular weight is 268 g/mol. The number of hydrogen-bond acceptors (Lipinski definition) is 5. The third kappa shape index (κ3) is 2.30. The number of halogens is 1. The third-order valence-corrected chi connectivity index (χ3v) is 2.34. The smallest absolute Gasteiger partial charge is 0.356 e. The van der Waals surface area contributed by atoms with E-state index in [1.165, 1.54) is 0 Å². The molecule has 0 aliphatic heterocycles. The molecule has 7 nitrogen and oxygen atoms in total. The SMILES string of the molecule is O=c1c(Cl)c(Oc2ccccc2)cnn1[N+](=O)[O-]. The van der Waals surface area contributed by atoms with E-state index in [1.54, 1.807) is 30.3 Å². The summed E-state index contributed by atoms with van der Waals surface area (Å²) in [6.45, 7) is 0. The van der Waals surface area contributed by atoms with Crippen molar-refractivity contribution in [1.29, 1.82) is 0 Å². The molecule has 0 saturated heterocycles. The number of benzene rings is 1. The van der Waals surface area contributed by atoms with Crippen LogP contribution >= 0.6 is 11.6 Å². The zero-order chi connectivity index (χ0) is 13.1. The fourth-order valence-electron chi connectivity index (χ4n) is 1.21. The summed E-state index contributed by atoms with van der Waals surface area (Å²) in [7, 11) is 0. The van der Waals surface area contributed by atoms with Gasteiger partial charge in [-0.2, -0.15) is 0 Å². The molecule has 2 aromatic rings. The molecule has 0 N–H and O–H groups in total. The summed E-state index contributed by atoms with van der Waals surface area (Å²) in [4.78, 5) is 22.0. The lowest BCUT2D eigenvalue weighted by molar-refractivity contribution is -0.556. The van der Waals surface area contributed by atoms with Gasteiger partial charge in [0, 0.05) is 0 Å². The summed E-state index contributed by atoms with van der Waals surface area (Å²) in [5, 5.41) is 12.4. The molecule has 0 fully saturated rings. The molecule has 1 aromatic carbocycles. The maximum Gasteiger partial charge on any atom is 0.356 e. The minimum atomic E-state index is -1.05. The van der Waals surface area contributed by atoms with Crippen molar-refractivity contribution in [3.8, 4) is 11.5 Å². The number of hydrogen-bond donors (Lipinski definition) is 0. The van der Waals surface area contributed by atoms with E-state index in [4.69, 9.17) is 16.3 Å². The Morgan fingerprint density at radius 1 is 1.33 bits per heavy atom. The predicted octanol–water partition coefficient (Wildman–Crippen LogP) is 1.73. The normalized spacial score (nSPS) is 10.1. The molecular formula is C10H6ClN3O4. The number of ether oxygens (including phenoxy) is 1. The summed E-state index contributed by atoms with van der Waals surface area (Å²) < 4.78 is 5.29. The van der Waals surface area contributed by atoms with Crippen molar-refractivity contribution in [2.45, 2.75) is 0 Å². The van der Waals surface area contributed by atoms with Crippen LogP contribution in [0.15, 0.2) is 41.3 Å². The highest BCUT2D eigenvalue weighted by Gasteiger charge is 2.17. The first kappa shape index (κ1) is 12.1. The number of para-hydroxylation sites is 1. The molecule has 0 aliphatic carbocycles. The Bertz CT molecular complexity index is 641. The summed E-state index contributed by atoms with van der Waals surface area (Å²) in [5.41, 5.74) is -1.05. The molecule has 0 bridgehead atoms. The quantitative estimate of drug-likeness (QED) is 0.624. The van der Waals surface area contributed by atoms with Crippen LogP contribution in [0.2, 0.25) is 5.02 Å². The lowest BCUT2D eigenvalue weighted by Gasteiger charge is -2.04. The maximum absolute atomic E-state index is 11.5.